The highest BCUT2D eigenvalue weighted by Gasteiger charge is 2.33. The maximum Gasteiger partial charge on any atom is 0.417 e. The molecule has 0 heterocycles. The van der Waals surface area contributed by atoms with Crippen LogP contribution in [0.5, 0.6) is 0 Å². The van der Waals surface area contributed by atoms with Crippen molar-refractivity contribution < 1.29 is 13.2 Å². The molecule has 0 nitrogen and oxygen atoms in total. The van der Waals surface area contributed by atoms with E-state index >= 15 is 0 Å². The summed E-state index contributed by atoms with van der Waals surface area (Å²) in [5.41, 5.74) is -0.357. The van der Waals surface area contributed by atoms with Gasteiger partial charge in [-0.05, 0) is 24.1 Å². The van der Waals surface area contributed by atoms with E-state index in [1.807, 2.05) is 0 Å². The van der Waals surface area contributed by atoms with Crippen LogP contribution < -0.4 is 0 Å². The van der Waals surface area contributed by atoms with E-state index < -0.39 is 11.7 Å². The first-order valence-electron chi connectivity index (χ1n) is 4.54. The van der Waals surface area contributed by atoms with Crippen LogP contribution in [0.15, 0.2) is 24.3 Å². The van der Waals surface area contributed by atoms with Gasteiger partial charge < -0.3 is 0 Å². The summed E-state index contributed by atoms with van der Waals surface area (Å²) in [6.07, 6.45) is -0.497. The fraction of sp³-hybridized carbons (Fsp3) is 0.273. The van der Waals surface area contributed by atoms with Crippen molar-refractivity contribution in [3.8, 4) is 0 Å². The third-order valence-corrected chi connectivity index (χ3v) is 2.43. The highest BCUT2D eigenvalue weighted by Crippen LogP contribution is 2.35. The Morgan fingerprint density at radius 1 is 1.25 bits per heavy atom. The predicted octanol–water partition coefficient (Wildman–Crippen LogP) is 5.00. The zero-order chi connectivity index (χ0) is 12.2. The highest BCUT2D eigenvalue weighted by molar-refractivity contribution is 6.31. The average molecular weight is 269 g/mol. The summed E-state index contributed by atoms with van der Waals surface area (Å²) in [6, 6.07) is 3.79. The van der Waals surface area contributed by atoms with Gasteiger partial charge in [-0.1, -0.05) is 29.8 Å². The van der Waals surface area contributed by atoms with E-state index in [1.54, 1.807) is 12.2 Å². The quantitative estimate of drug-likeness (QED) is 0.677. The molecule has 1 aromatic rings. The number of hydrogen-bond donors (Lipinski definition) is 0. The van der Waals surface area contributed by atoms with Gasteiger partial charge in [-0.15, -0.1) is 11.6 Å². The molecule has 1 aromatic carbocycles. The maximum atomic E-state index is 12.5. The third kappa shape index (κ3) is 3.72. The smallest absolute Gasteiger partial charge is 0.166 e. The first-order chi connectivity index (χ1) is 7.45. The van der Waals surface area contributed by atoms with Gasteiger partial charge in [-0.2, -0.15) is 13.2 Å². The molecular formula is C11H9Cl2F3. The van der Waals surface area contributed by atoms with Gasteiger partial charge in [0.05, 0.1) is 10.6 Å². The molecular weight excluding hydrogens is 260 g/mol. The molecule has 16 heavy (non-hydrogen) atoms. The summed E-state index contributed by atoms with van der Waals surface area (Å²) >= 11 is 10.9. The molecule has 0 N–H and O–H groups in total. The highest BCUT2D eigenvalue weighted by atomic mass is 35.5. The molecule has 0 aliphatic carbocycles. The van der Waals surface area contributed by atoms with E-state index in [0.29, 0.717) is 17.9 Å². The Labute approximate surface area is 102 Å². The lowest BCUT2D eigenvalue weighted by Gasteiger charge is -2.09. The SMILES string of the molecule is FC(F)(F)c1cc(C=CCCCl)ccc1Cl. The second kappa shape index (κ2) is 5.60. The molecule has 0 amide bonds. The van der Waals surface area contributed by atoms with E-state index in [1.165, 1.54) is 12.1 Å². The Morgan fingerprint density at radius 2 is 1.94 bits per heavy atom. The molecule has 0 unspecified atom stereocenters. The van der Waals surface area contributed by atoms with Gasteiger partial charge in [0.25, 0.3) is 0 Å². The lowest BCUT2D eigenvalue weighted by molar-refractivity contribution is -0.137. The molecule has 0 saturated carbocycles. The molecule has 0 radical (unpaired) electrons. The van der Waals surface area contributed by atoms with Crippen molar-refractivity contribution in [2.24, 2.45) is 0 Å². The van der Waals surface area contributed by atoms with Crippen LogP contribution in [0.2, 0.25) is 5.02 Å². The molecule has 88 valence electrons. The standard InChI is InChI=1S/C11H9Cl2F3/c12-6-2-1-3-8-4-5-10(13)9(7-8)11(14,15)16/h1,3-5,7H,2,6H2. The molecule has 0 bridgehead atoms. The second-order valence-electron chi connectivity index (χ2n) is 3.12. The fourth-order valence-electron chi connectivity index (χ4n) is 1.15. The topological polar surface area (TPSA) is 0 Å². The largest absolute Gasteiger partial charge is 0.417 e. The Hall–Kier alpha value is -0.670. The molecule has 0 atom stereocenters. The van der Waals surface area contributed by atoms with Gasteiger partial charge in [-0.25, -0.2) is 0 Å². The summed E-state index contributed by atoms with van der Waals surface area (Å²) in [4.78, 5) is 0. The Balaban J connectivity index is 2.99. The number of alkyl halides is 4. The van der Waals surface area contributed by atoms with Gasteiger partial charge in [0, 0.05) is 5.88 Å². The van der Waals surface area contributed by atoms with Crippen molar-refractivity contribution in [1.82, 2.24) is 0 Å². The summed E-state index contributed by atoms with van der Waals surface area (Å²) < 4.78 is 37.5. The maximum absolute atomic E-state index is 12.5. The molecule has 0 fully saturated rings. The Bertz CT molecular complexity index is 383. The van der Waals surface area contributed by atoms with Crippen LogP contribution in [-0.2, 0) is 6.18 Å². The monoisotopic (exact) mass is 268 g/mol. The minimum atomic E-state index is -4.42. The molecule has 0 aliphatic heterocycles. The van der Waals surface area contributed by atoms with Crippen molar-refractivity contribution in [2.75, 3.05) is 5.88 Å². The lowest BCUT2D eigenvalue weighted by Crippen LogP contribution is -2.05. The predicted molar refractivity (Wildman–Crippen MR) is 60.8 cm³/mol. The fourth-order valence-corrected chi connectivity index (χ4v) is 1.50. The van der Waals surface area contributed by atoms with E-state index in [0.717, 1.165) is 6.07 Å². The number of hydrogen-bond acceptors (Lipinski definition) is 0. The van der Waals surface area contributed by atoms with Crippen molar-refractivity contribution in [1.29, 1.82) is 0 Å². The number of allylic oxidation sites excluding steroid dienone is 1. The minimum Gasteiger partial charge on any atom is -0.166 e. The van der Waals surface area contributed by atoms with E-state index in [4.69, 9.17) is 23.2 Å². The van der Waals surface area contributed by atoms with Crippen molar-refractivity contribution >= 4 is 29.3 Å². The van der Waals surface area contributed by atoms with Crippen LogP contribution in [0.25, 0.3) is 6.08 Å². The van der Waals surface area contributed by atoms with Crippen LogP contribution in [0.3, 0.4) is 0 Å². The van der Waals surface area contributed by atoms with Gasteiger partial charge in [-0.3, -0.25) is 0 Å². The summed E-state index contributed by atoms with van der Waals surface area (Å²) in [5.74, 6) is 0.441. The molecule has 5 heteroatoms. The van der Waals surface area contributed by atoms with Gasteiger partial charge in [0.2, 0.25) is 0 Å². The molecule has 0 saturated heterocycles. The Morgan fingerprint density at radius 3 is 2.50 bits per heavy atom. The number of halogens is 5. The molecule has 0 aromatic heterocycles. The number of rotatable bonds is 3. The van der Waals surface area contributed by atoms with Gasteiger partial charge in [0.1, 0.15) is 0 Å². The van der Waals surface area contributed by atoms with Crippen LogP contribution in [0.4, 0.5) is 13.2 Å². The van der Waals surface area contributed by atoms with Gasteiger partial charge >= 0.3 is 6.18 Å². The Kier molecular flexibility index (Phi) is 4.69. The zero-order valence-corrected chi connectivity index (χ0v) is 9.70. The van der Waals surface area contributed by atoms with Crippen LogP contribution in [-0.4, -0.2) is 5.88 Å². The van der Waals surface area contributed by atoms with E-state index in [-0.39, 0.29) is 5.02 Å². The van der Waals surface area contributed by atoms with E-state index in [9.17, 15) is 13.2 Å². The normalized spacial score (nSPS) is 12.3. The van der Waals surface area contributed by atoms with Crippen LogP contribution in [0, 0.1) is 0 Å². The molecule has 1 rings (SSSR count). The van der Waals surface area contributed by atoms with Gasteiger partial charge in [0.15, 0.2) is 0 Å². The first kappa shape index (κ1) is 13.4. The lowest BCUT2D eigenvalue weighted by atomic mass is 10.1. The first-order valence-corrected chi connectivity index (χ1v) is 5.45. The summed E-state index contributed by atoms with van der Waals surface area (Å²) in [6.45, 7) is 0. The van der Waals surface area contributed by atoms with E-state index in [2.05, 4.69) is 0 Å². The van der Waals surface area contributed by atoms with Crippen LogP contribution >= 0.6 is 23.2 Å². The van der Waals surface area contributed by atoms with Crippen molar-refractivity contribution in [3.05, 3.63) is 40.4 Å². The van der Waals surface area contributed by atoms with Crippen molar-refractivity contribution in [2.45, 2.75) is 12.6 Å². The average Bonchev–Trinajstić information content (AvgIpc) is 2.19. The van der Waals surface area contributed by atoms with Crippen LogP contribution in [0.1, 0.15) is 17.5 Å². The molecule has 0 spiro atoms. The molecule has 0 aliphatic rings. The zero-order valence-electron chi connectivity index (χ0n) is 8.19. The third-order valence-electron chi connectivity index (χ3n) is 1.88. The minimum absolute atomic E-state index is 0.290. The number of benzene rings is 1. The summed E-state index contributed by atoms with van der Waals surface area (Å²) in [5, 5.41) is -0.290. The second-order valence-corrected chi connectivity index (χ2v) is 3.90. The van der Waals surface area contributed by atoms with Crippen molar-refractivity contribution in [3.63, 3.8) is 0 Å². The summed E-state index contributed by atoms with van der Waals surface area (Å²) in [7, 11) is 0.